The normalized spacial score (nSPS) is 37.2. The molecule has 5 atom stereocenters. The molecule has 0 aromatic heterocycles. The van der Waals surface area contributed by atoms with E-state index in [0.29, 0.717) is 39.0 Å². The quantitative estimate of drug-likeness (QED) is 0.319. The van der Waals surface area contributed by atoms with Crippen LogP contribution in [0.2, 0.25) is 0 Å². The smallest absolute Gasteiger partial charge is 0.313 e. The maximum atomic E-state index is 14.4. The Kier molecular flexibility index (Phi) is 7.78. The molecule has 0 radical (unpaired) electrons. The van der Waals surface area contributed by atoms with Crippen LogP contribution in [0.3, 0.4) is 0 Å². The second-order valence-corrected chi connectivity index (χ2v) is 11.3. The van der Waals surface area contributed by atoms with Crippen LogP contribution in [0.5, 0.6) is 0 Å². The first kappa shape index (κ1) is 26.4. The number of rotatable bonds is 7. The summed E-state index contributed by atoms with van der Waals surface area (Å²) in [4.78, 5) is 45.9. The molecule has 4 heterocycles. The van der Waals surface area contributed by atoms with Crippen LogP contribution in [0.4, 0.5) is 0 Å². The van der Waals surface area contributed by atoms with Crippen molar-refractivity contribution in [2.75, 3.05) is 26.3 Å². The Balaban J connectivity index is 1.58. The molecule has 2 amide bonds. The first-order chi connectivity index (χ1) is 18.0. The van der Waals surface area contributed by atoms with E-state index in [-0.39, 0.29) is 24.5 Å². The van der Waals surface area contributed by atoms with E-state index in [0.717, 1.165) is 44.9 Å². The lowest BCUT2D eigenvalue weighted by atomic mass is 9.73. The highest BCUT2D eigenvalue weighted by molar-refractivity contribution is 5.99. The molecule has 8 heteroatoms. The van der Waals surface area contributed by atoms with E-state index in [1.807, 2.05) is 36.1 Å². The van der Waals surface area contributed by atoms with Crippen LogP contribution in [-0.2, 0) is 23.9 Å². The zero-order chi connectivity index (χ0) is 26.0. The number of unbranched alkanes of at least 4 members (excludes halogenated alkanes) is 2. The third-order valence-electron chi connectivity index (χ3n) is 9.24. The van der Waals surface area contributed by atoms with Crippen molar-refractivity contribution >= 4 is 17.8 Å². The van der Waals surface area contributed by atoms with Crippen molar-refractivity contribution in [3.63, 3.8) is 0 Å². The summed E-state index contributed by atoms with van der Waals surface area (Å²) in [6.07, 6.45) is 17.4. The number of nitrogens with zero attached hydrogens (tertiary/aromatic N) is 2. The Hall–Kier alpha value is -2.19. The molecule has 3 fully saturated rings. The number of esters is 1. The van der Waals surface area contributed by atoms with Gasteiger partial charge >= 0.3 is 5.97 Å². The minimum absolute atomic E-state index is 0.0648. The Morgan fingerprint density at radius 3 is 2.54 bits per heavy atom. The van der Waals surface area contributed by atoms with Gasteiger partial charge in [-0.15, -0.1) is 0 Å². The van der Waals surface area contributed by atoms with E-state index < -0.39 is 35.0 Å². The Morgan fingerprint density at radius 1 is 0.973 bits per heavy atom. The van der Waals surface area contributed by atoms with Crippen LogP contribution in [0.15, 0.2) is 24.3 Å². The molecule has 1 N–H and O–H groups in total. The number of hydrogen-bond donors (Lipinski definition) is 1. The van der Waals surface area contributed by atoms with Gasteiger partial charge in [0.25, 0.3) is 0 Å². The number of allylic oxidation sites excluding steroid dienone is 1. The van der Waals surface area contributed by atoms with E-state index in [1.54, 1.807) is 4.90 Å². The van der Waals surface area contributed by atoms with Gasteiger partial charge in [0, 0.05) is 25.7 Å². The molecular weight excluding hydrogens is 472 g/mol. The summed E-state index contributed by atoms with van der Waals surface area (Å²) < 4.78 is 12.7. The maximum Gasteiger partial charge on any atom is 0.313 e. The van der Waals surface area contributed by atoms with Crippen LogP contribution in [0, 0.1) is 11.8 Å². The molecule has 1 saturated carbocycles. The second-order valence-electron chi connectivity index (χ2n) is 11.3. The molecule has 2 saturated heterocycles. The SMILES string of the molecule is CC[C@@]12/C=C\CCCOC(=O)[C@@H]1[C@H]1C(=O)N(CCCCCO)C3C(=O)N(C4CCCCC4)CC=C[C@@]31O2. The Bertz CT molecular complexity index is 943. The summed E-state index contributed by atoms with van der Waals surface area (Å²) in [7, 11) is 0. The molecular formula is C29H42N2O6. The van der Waals surface area contributed by atoms with Crippen molar-refractivity contribution in [3.8, 4) is 0 Å². The molecule has 0 aromatic rings. The van der Waals surface area contributed by atoms with Crippen LogP contribution < -0.4 is 0 Å². The summed E-state index contributed by atoms with van der Waals surface area (Å²) in [5.74, 6) is -2.27. The predicted octanol–water partition coefficient (Wildman–Crippen LogP) is 3.13. The first-order valence-electron chi connectivity index (χ1n) is 14.4. The standard InChI is InChI=1S/C29H42N2O6/c1-2-28-15-8-4-11-20-36-27(35)23(28)22-25(33)31(17-9-5-10-19-32)24-26(34)30(21-13-6-3-7-14-21)18-12-16-29(22,24)37-28/h8,12,15-16,21-24,32H,2-7,9-11,13-14,17-20H2,1H3/b15-8-/t22-,23-,24?,28+,29-/m0/s1. The molecule has 204 valence electrons. The number of hydrogen-bond acceptors (Lipinski definition) is 6. The monoisotopic (exact) mass is 514 g/mol. The van der Waals surface area contributed by atoms with E-state index in [4.69, 9.17) is 9.47 Å². The number of carbonyl (C=O) groups excluding carboxylic acids is 3. The molecule has 1 unspecified atom stereocenters. The van der Waals surface area contributed by atoms with Crippen molar-refractivity contribution in [1.29, 1.82) is 0 Å². The maximum absolute atomic E-state index is 14.4. The van der Waals surface area contributed by atoms with Gasteiger partial charge in [0.05, 0.1) is 12.5 Å². The van der Waals surface area contributed by atoms with Crippen molar-refractivity contribution in [1.82, 2.24) is 9.80 Å². The van der Waals surface area contributed by atoms with E-state index in [1.165, 1.54) is 6.42 Å². The largest absolute Gasteiger partial charge is 0.465 e. The average molecular weight is 515 g/mol. The summed E-state index contributed by atoms with van der Waals surface area (Å²) in [5, 5.41) is 9.24. The highest BCUT2D eigenvalue weighted by Crippen LogP contribution is 2.58. The van der Waals surface area contributed by atoms with E-state index >= 15 is 0 Å². The average Bonchev–Trinajstić information content (AvgIpc) is 3.28. The summed E-state index contributed by atoms with van der Waals surface area (Å²) >= 11 is 0. The van der Waals surface area contributed by atoms with Crippen molar-refractivity contribution in [2.24, 2.45) is 11.8 Å². The fourth-order valence-electron chi connectivity index (χ4n) is 7.42. The summed E-state index contributed by atoms with van der Waals surface area (Å²) in [5.41, 5.74) is -2.20. The van der Waals surface area contributed by atoms with Gasteiger partial charge in [0.2, 0.25) is 11.8 Å². The van der Waals surface area contributed by atoms with Gasteiger partial charge in [-0.1, -0.05) is 50.5 Å². The van der Waals surface area contributed by atoms with Crippen molar-refractivity contribution < 1.29 is 29.0 Å². The minimum Gasteiger partial charge on any atom is -0.465 e. The third kappa shape index (κ3) is 4.44. The Labute approximate surface area is 220 Å². The van der Waals surface area contributed by atoms with Gasteiger partial charge < -0.3 is 24.4 Å². The topological polar surface area (TPSA) is 96.4 Å². The fraction of sp³-hybridized carbons (Fsp3) is 0.759. The molecule has 0 aromatic carbocycles. The van der Waals surface area contributed by atoms with Crippen LogP contribution in [-0.4, -0.2) is 82.3 Å². The van der Waals surface area contributed by atoms with Crippen molar-refractivity contribution in [3.05, 3.63) is 24.3 Å². The predicted molar refractivity (Wildman–Crippen MR) is 137 cm³/mol. The van der Waals surface area contributed by atoms with Gasteiger partial charge in [0.15, 0.2) is 0 Å². The number of cyclic esters (lactones) is 1. The van der Waals surface area contributed by atoms with Gasteiger partial charge in [0.1, 0.15) is 23.2 Å². The van der Waals surface area contributed by atoms with Gasteiger partial charge in [-0.05, 0) is 51.4 Å². The van der Waals surface area contributed by atoms with Crippen LogP contribution >= 0.6 is 0 Å². The van der Waals surface area contributed by atoms with Gasteiger partial charge in [-0.25, -0.2) is 0 Å². The lowest BCUT2D eigenvalue weighted by Gasteiger charge is -2.40. The number of aliphatic hydroxyl groups excluding tert-OH is 1. The number of aliphatic hydroxyl groups is 1. The first-order valence-corrected chi connectivity index (χ1v) is 14.4. The molecule has 1 aliphatic carbocycles. The minimum atomic E-state index is -1.21. The van der Waals surface area contributed by atoms with Crippen LogP contribution in [0.1, 0.15) is 77.6 Å². The zero-order valence-corrected chi connectivity index (χ0v) is 22.1. The van der Waals surface area contributed by atoms with E-state index in [9.17, 15) is 19.5 Å². The summed E-state index contributed by atoms with van der Waals surface area (Å²) in [6.45, 7) is 3.28. The number of likely N-dealkylation sites (tertiary alicyclic amines) is 1. The number of fused-ring (bicyclic) bond motifs is 2. The molecule has 0 bridgehead atoms. The molecule has 8 nitrogen and oxygen atoms in total. The number of amides is 2. The molecule has 1 spiro atoms. The highest BCUT2D eigenvalue weighted by atomic mass is 16.6. The molecule has 4 aliphatic heterocycles. The van der Waals surface area contributed by atoms with Gasteiger partial charge in [-0.2, -0.15) is 0 Å². The highest BCUT2D eigenvalue weighted by Gasteiger charge is 2.75. The lowest BCUT2D eigenvalue weighted by Crippen LogP contribution is -2.57. The zero-order valence-electron chi connectivity index (χ0n) is 22.1. The van der Waals surface area contributed by atoms with E-state index in [2.05, 4.69) is 0 Å². The number of ether oxygens (including phenoxy) is 2. The molecule has 5 aliphatic rings. The third-order valence-corrected chi connectivity index (χ3v) is 9.24. The van der Waals surface area contributed by atoms with Gasteiger partial charge in [-0.3, -0.25) is 14.4 Å². The lowest BCUT2D eigenvalue weighted by molar-refractivity contribution is -0.161. The fourth-order valence-corrected chi connectivity index (χ4v) is 7.42. The molecule has 5 rings (SSSR count). The second kappa shape index (κ2) is 10.9. The summed E-state index contributed by atoms with van der Waals surface area (Å²) in [6, 6.07) is -0.644. The van der Waals surface area contributed by atoms with Crippen molar-refractivity contribution in [2.45, 2.75) is 101 Å². The molecule has 37 heavy (non-hydrogen) atoms. The Morgan fingerprint density at radius 2 is 1.78 bits per heavy atom. The van der Waals surface area contributed by atoms with Crippen LogP contribution in [0.25, 0.3) is 0 Å². The number of carbonyl (C=O) groups is 3.